The number of thiazole rings is 1. The molecule has 2 aromatic carbocycles. The molecule has 0 unspecified atom stereocenters. The molecule has 0 spiro atoms. The molecule has 0 bridgehead atoms. The highest BCUT2D eigenvalue weighted by Crippen LogP contribution is 2.39. The number of ether oxygens (including phenoxy) is 2. The number of benzene rings is 2. The van der Waals surface area contributed by atoms with Crippen molar-refractivity contribution in [2.75, 3.05) is 21.3 Å². The molecule has 1 aromatic heterocycles. The SMILES string of the molecule is COc1cccc(-c2nc(C(=O)N(C)[C@H](C)c3ccccc3)cs2)c1OC. The highest BCUT2D eigenvalue weighted by Gasteiger charge is 2.22. The van der Waals surface area contributed by atoms with E-state index in [0.717, 1.165) is 16.1 Å². The van der Waals surface area contributed by atoms with E-state index in [1.54, 1.807) is 31.5 Å². The van der Waals surface area contributed by atoms with Gasteiger partial charge in [0.15, 0.2) is 11.5 Å². The first-order chi connectivity index (χ1) is 13.1. The first-order valence-electron chi connectivity index (χ1n) is 8.55. The van der Waals surface area contributed by atoms with Gasteiger partial charge in [0.2, 0.25) is 0 Å². The Balaban J connectivity index is 1.87. The predicted octanol–water partition coefficient (Wildman–Crippen LogP) is 4.66. The van der Waals surface area contributed by atoms with Gasteiger partial charge in [0.1, 0.15) is 10.7 Å². The van der Waals surface area contributed by atoms with Gasteiger partial charge < -0.3 is 14.4 Å². The molecule has 0 aliphatic rings. The minimum atomic E-state index is -0.115. The van der Waals surface area contributed by atoms with Crippen LogP contribution in [-0.2, 0) is 0 Å². The van der Waals surface area contributed by atoms with Crippen LogP contribution in [0.15, 0.2) is 53.9 Å². The van der Waals surface area contributed by atoms with Gasteiger partial charge in [0, 0.05) is 12.4 Å². The summed E-state index contributed by atoms with van der Waals surface area (Å²) in [6.45, 7) is 2.01. The summed E-state index contributed by atoms with van der Waals surface area (Å²) in [7, 11) is 4.99. The van der Waals surface area contributed by atoms with Gasteiger partial charge in [0.25, 0.3) is 5.91 Å². The van der Waals surface area contributed by atoms with Crippen LogP contribution in [0.4, 0.5) is 0 Å². The second-order valence-electron chi connectivity index (χ2n) is 6.08. The first-order valence-corrected chi connectivity index (χ1v) is 9.43. The number of rotatable bonds is 6. The lowest BCUT2D eigenvalue weighted by atomic mass is 10.1. The van der Waals surface area contributed by atoms with Crippen LogP contribution in [0, 0.1) is 0 Å². The zero-order valence-corrected chi connectivity index (χ0v) is 16.6. The van der Waals surface area contributed by atoms with Crippen molar-refractivity contribution in [3.63, 3.8) is 0 Å². The Morgan fingerprint density at radius 3 is 2.48 bits per heavy atom. The van der Waals surface area contributed by atoms with E-state index in [0.29, 0.717) is 17.2 Å². The topological polar surface area (TPSA) is 51.7 Å². The standard InChI is InChI=1S/C21H22N2O3S/c1-14(15-9-6-5-7-10-15)23(2)21(24)17-13-27-20(22-17)16-11-8-12-18(25-3)19(16)26-4/h5-14H,1-4H3/t14-/m1/s1. The van der Waals surface area contributed by atoms with Crippen molar-refractivity contribution >= 4 is 17.2 Å². The maximum Gasteiger partial charge on any atom is 0.273 e. The zero-order chi connectivity index (χ0) is 19.4. The Hall–Kier alpha value is -2.86. The molecule has 0 aliphatic heterocycles. The second kappa shape index (κ2) is 8.22. The van der Waals surface area contributed by atoms with Gasteiger partial charge in [-0.15, -0.1) is 11.3 Å². The number of carbonyl (C=O) groups excluding carboxylic acids is 1. The van der Waals surface area contributed by atoms with Crippen molar-refractivity contribution in [2.45, 2.75) is 13.0 Å². The van der Waals surface area contributed by atoms with Gasteiger partial charge in [-0.2, -0.15) is 0 Å². The van der Waals surface area contributed by atoms with Crippen LogP contribution in [-0.4, -0.2) is 37.1 Å². The molecule has 3 rings (SSSR count). The highest BCUT2D eigenvalue weighted by atomic mass is 32.1. The van der Waals surface area contributed by atoms with E-state index in [9.17, 15) is 4.79 Å². The molecule has 27 heavy (non-hydrogen) atoms. The van der Waals surface area contributed by atoms with Gasteiger partial charge in [-0.3, -0.25) is 4.79 Å². The average Bonchev–Trinajstić information content (AvgIpc) is 3.22. The fourth-order valence-corrected chi connectivity index (χ4v) is 3.68. The molecule has 1 heterocycles. The van der Waals surface area contributed by atoms with E-state index in [1.165, 1.54) is 11.3 Å². The summed E-state index contributed by atoms with van der Waals surface area (Å²) in [5.74, 6) is 1.13. The fourth-order valence-electron chi connectivity index (χ4n) is 2.86. The molecule has 6 heteroatoms. The van der Waals surface area contributed by atoms with Crippen LogP contribution in [0.25, 0.3) is 10.6 Å². The molecule has 0 fully saturated rings. The molecule has 0 saturated heterocycles. The molecule has 0 saturated carbocycles. The van der Waals surface area contributed by atoms with Gasteiger partial charge in [-0.1, -0.05) is 36.4 Å². The fraction of sp³-hybridized carbons (Fsp3) is 0.238. The molecular formula is C21H22N2O3S. The smallest absolute Gasteiger partial charge is 0.273 e. The number of carbonyl (C=O) groups is 1. The lowest BCUT2D eigenvalue weighted by Gasteiger charge is -2.24. The third-order valence-electron chi connectivity index (χ3n) is 4.54. The summed E-state index contributed by atoms with van der Waals surface area (Å²) in [6.07, 6.45) is 0. The van der Waals surface area contributed by atoms with Crippen molar-refractivity contribution in [1.29, 1.82) is 0 Å². The molecule has 0 N–H and O–H groups in total. The number of nitrogens with zero attached hydrogens (tertiary/aromatic N) is 2. The summed E-state index contributed by atoms with van der Waals surface area (Å²) in [5, 5.41) is 2.50. The molecule has 3 aromatic rings. The summed E-state index contributed by atoms with van der Waals surface area (Å²) in [4.78, 5) is 19.2. The van der Waals surface area contributed by atoms with Crippen LogP contribution >= 0.6 is 11.3 Å². The van der Waals surface area contributed by atoms with Crippen LogP contribution in [0.3, 0.4) is 0 Å². The van der Waals surface area contributed by atoms with E-state index in [2.05, 4.69) is 4.98 Å². The monoisotopic (exact) mass is 382 g/mol. The van der Waals surface area contributed by atoms with Crippen molar-refractivity contribution in [3.05, 3.63) is 65.2 Å². The molecule has 140 valence electrons. The lowest BCUT2D eigenvalue weighted by Crippen LogP contribution is -2.29. The Morgan fingerprint density at radius 1 is 1.07 bits per heavy atom. The van der Waals surface area contributed by atoms with Gasteiger partial charge >= 0.3 is 0 Å². The van der Waals surface area contributed by atoms with E-state index in [4.69, 9.17) is 9.47 Å². The van der Waals surface area contributed by atoms with E-state index in [1.807, 2.05) is 55.5 Å². The predicted molar refractivity (Wildman–Crippen MR) is 108 cm³/mol. The number of hydrogen-bond acceptors (Lipinski definition) is 5. The number of hydrogen-bond donors (Lipinski definition) is 0. The number of methoxy groups -OCH3 is 2. The van der Waals surface area contributed by atoms with E-state index in [-0.39, 0.29) is 11.9 Å². The molecule has 1 atom stereocenters. The molecule has 0 radical (unpaired) electrons. The van der Waals surface area contributed by atoms with Crippen LogP contribution in [0.5, 0.6) is 11.5 Å². The molecule has 0 aliphatic carbocycles. The number of para-hydroxylation sites is 1. The highest BCUT2D eigenvalue weighted by molar-refractivity contribution is 7.13. The number of amides is 1. The van der Waals surface area contributed by atoms with Crippen LogP contribution < -0.4 is 9.47 Å². The van der Waals surface area contributed by atoms with Crippen molar-refractivity contribution < 1.29 is 14.3 Å². The van der Waals surface area contributed by atoms with Crippen LogP contribution in [0.1, 0.15) is 29.0 Å². The van der Waals surface area contributed by atoms with Crippen molar-refractivity contribution in [1.82, 2.24) is 9.88 Å². The Labute approximate surface area is 163 Å². The minimum Gasteiger partial charge on any atom is -0.493 e. The Kier molecular flexibility index (Phi) is 5.76. The van der Waals surface area contributed by atoms with Crippen molar-refractivity contribution in [2.24, 2.45) is 0 Å². The van der Waals surface area contributed by atoms with E-state index < -0.39 is 0 Å². The lowest BCUT2D eigenvalue weighted by molar-refractivity contribution is 0.0737. The molecule has 5 nitrogen and oxygen atoms in total. The maximum absolute atomic E-state index is 12.9. The summed E-state index contributed by atoms with van der Waals surface area (Å²) >= 11 is 1.41. The van der Waals surface area contributed by atoms with Crippen LogP contribution in [0.2, 0.25) is 0 Å². The summed E-state index contributed by atoms with van der Waals surface area (Å²) in [5.41, 5.74) is 2.31. The van der Waals surface area contributed by atoms with Gasteiger partial charge in [-0.25, -0.2) is 4.98 Å². The average molecular weight is 382 g/mol. The molecule has 1 amide bonds. The largest absolute Gasteiger partial charge is 0.493 e. The van der Waals surface area contributed by atoms with E-state index >= 15 is 0 Å². The second-order valence-corrected chi connectivity index (χ2v) is 6.94. The zero-order valence-electron chi connectivity index (χ0n) is 15.8. The number of aromatic nitrogens is 1. The normalized spacial score (nSPS) is 11.7. The van der Waals surface area contributed by atoms with Gasteiger partial charge in [0.05, 0.1) is 25.8 Å². The van der Waals surface area contributed by atoms with Crippen molar-refractivity contribution in [3.8, 4) is 22.1 Å². The summed E-state index contributed by atoms with van der Waals surface area (Å²) < 4.78 is 10.8. The third-order valence-corrected chi connectivity index (χ3v) is 5.42. The third kappa shape index (κ3) is 3.80. The Bertz CT molecular complexity index is 924. The summed E-state index contributed by atoms with van der Waals surface area (Å²) in [6, 6.07) is 15.5. The minimum absolute atomic E-state index is 0.0461. The Morgan fingerprint density at radius 2 is 1.81 bits per heavy atom. The first kappa shape index (κ1) is 18.9. The molecular weight excluding hydrogens is 360 g/mol. The quantitative estimate of drug-likeness (QED) is 0.622. The van der Waals surface area contributed by atoms with Gasteiger partial charge in [-0.05, 0) is 24.6 Å². The maximum atomic E-state index is 12.9.